The summed E-state index contributed by atoms with van der Waals surface area (Å²) in [4.78, 5) is 12.4. The highest BCUT2D eigenvalue weighted by molar-refractivity contribution is 5.91. The SMILES string of the molecule is CCOc1ccc(CCNC(=O)Nc2c(C)cccc2C(C)(C)C)cc1OC. The maximum absolute atomic E-state index is 12.4. The minimum Gasteiger partial charge on any atom is -0.493 e. The van der Waals surface area contributed by atoms with Crippen molar-refractivity contribution in [2.75, 3.05) is 25.6 Å². The lowest BCUT2D eigenvalue weighted by Crippen LogP contribution is -2.31. The number of anilines is 1. The molecule has 2 N–H and O–H groups in total. The summed E-state index contributed by atoms with van der Waals surface area (Å²) in [7, 11) is 1.63. The highest BCUT2D eigenvalue weighted by Crippen LogP contribution is 2.32. The van der Waals surface area contributed by atoms with Gasteiger partial charge in [0, 0.05) is 12.2 Å². The van der Waals surface area contributed by atoms with Crippen LogP contribution in [-0.4, -0.2) is 26.3 Å². The van der Waals surface area contributed by atoms with E-state index in [1.165, 1.54) is 0 Å². The quantitative estimate of drug-likeness (QED) is 0.701. The van der Waals surface area contributed by atoms with Crippen molar-refractivity contribution in [3.8, 4) is 11.5 Å². The summed E-state index contributed by atoms with van der Waals surface area (Å²) < 4.78 is 10.9. The van der Waals surface area contributed by atoms with Gasteiger partial charge in [0.25, 0.3) is 0 Å². The number of hydrogen-bond donors (Lipinski definition) is 2. The van der Waals surface area contributed by atoms with Gasteiger partial charge in [-0.05, 0) is 54.5 Å². The third-order valence-electron chi connectivity index (χ3n) is 4.55. The molecule has 152 valence electrons. The second-order valence-corrected chi connectivity index (χ2v) is 7.80. The number of ether oxygens (including phenoxy) is 2. The van der Waals surface area contributed by atoms with Crippen LogP contribution < -0.4 is 20.1 Å². The average molecular weight is 385 g/mol. The molecule has 0 saturated carbocycles. The number of carbonyl (C=O) groups is 1. The van der Waals surface area contributed by atoms with Crippen LogP contribution in [0.2, 0.25) is 0 Å². The molecule has 0 aliphatic rings. The molecule has 2 rings (SSSR count). The molecule has 0 aliphatic carbocycles. The largest absolute Gasteiger partial charge is 0.493 e. The lowest BCUT2D eigenvalue weighted by Gasteiger charge is -2.24. The van der Waals surface area contributed by atoms with E-state index in [4.69, 9.17) is 9.47 Å². The number of benzene rings is 2. The summed E-state index contributed by atoms with van der Waals surface area (Å²) in [5, 5.41) is 5.97. The number of hydrogen-bond acceptors (Lipinski definition) is 3. The summed E-state index contributed by atoms with van der Waals surface area (Å²) in [6.45, 7) is 11.5. The predicted octanol–water partition coefficient (Wildman–Crippen LogP) is 5.06. The predicted molar refractivity (Wildman–Crippen MR) is 115 cm³/mol. The van der Waals surface area contributed by atoms with Gasteiger partial charge in [0.15, 0.2) is 11.5 Å². The molecule has 2 amide bonds. The monoisotopic (exact) mass is 384 g/mol. The minimum absolute atomic E-state index is 0.0481. The number of para-hydroxylation sites is 1. The molecular weight excluding hydrogens is 352 g/mol. The first-order valence-electron chi connectivity index (χ1n) is 9.71. The van der Waals surface area contributed by atoms with Gasteiger partial charge >= 0.3 is 6.03 Å². The molecule has 0 spiro atoms. The summed E-state index contributed by atoms with van der Waals surface area (Å²) in [6, 6.07) is 11.7. The second kappa shape index (κ2) is 9.49. The first-order chi connectivity index (χ1) is 13.3. The maximum Gasteiger partial charge on any atom is 0.319 e. The Hall–Kier alpha value is -2.69. The summed E-state index contributed by atoms with van der Waals surface area (Å²) >= 11 is 0. The first kappa shape index (κ1) is 21.6. The molecule has 2 aromatic rings. The Kier molecular flexibility index (Phi) is 7.32. The van der Waals surface area contributed by atoms with Gasteiger partial charge in [0.05, 0.1) is 13.7 Å². The third-order valence-corrected chi connectivity index (χ3v) is 4.55. The molecule has 0 atom stereocenters. The molecule has 0 aromatic heterocycles. The van der Waals surface area contributed by atoms with E-state index < -0.39 is 0 Å². The molecule has 0 radical (unpaired) electrons. The van der Waals surface area contributed by atoms with E-state index in [-0.39, 0.29) is 11.4 Å². The summed E-state index contributed by atoms with van der Waals surface area (Å²) in [5.74, 6) is 1.44. The lowest BCUT2D eigenvalue weighted by atomic mass is 9.84. The molecule has 2 aromatic carbocycles. The van der Waals surface area contributed by atoms with E-state index in [0.29, 0.717) is 25.3 Å². The first-order valence-corrected chi connectivity index (χ1v) is 9.71. The Morgan fingerprint density at radius 3 is 2.50 bits per heavy atom. The fourth-order valence-electron chi connectivity index (χ4n) is 3.08. The highest BCUT2D eigenvalue weighted by atomic mass is 16.5. The van der Waals surface area contributed by atoms with Crippen molar-refractivity contribution < 1.29 is 14.3 Å². The van der Waals surface area contributed by atoms with Crippen molar-refractivity contribution in [2.24, 2.45) is 0 Å². The van der Waals surface area contributed by atoms with Gasteiger partial charge in [-0.15, -0.1) is 0 Å². The van der Waals surface area contributed by atoms with Crippen molar-refractivity contribution in [1.82, 2.24) is 5.32 Å². The molecule has 0 aliphatic heterocycles. The van der Waals surface area contributed by atoms with Gasteiger partial charge in [-0.2, -0.15) is 0 Å². The molecule has 0 heterocycles. The van der Waals surface area contributed by atoms with Gasteiger partial charge in [-0.1, -0.05) is 45.0 Å². The zero-order valence-electron chi connectivity index (χ0n) is 17.8. The zero-order valence-corrected chi connectivity index (χ0v) is 17.8. The Morgan fingerprint density at radius 1 is 1.11 bits per heavy atom. The number of aryl methyl sites for hydroxylation is 1. The smallest absolute Gasteiger partial charge is 0.319 e. The van der Waals surface area contributed by atoms with Crippen LogP contribution in [0.4, 0.5) is 10.5 Å². The van der Waals surface area contributed by atoms with E-state index >= 15 is 0 Å². The molecule has 0 saturated heterocycles. The summed E-state index contributed by atoms with van der Waals surface area (Å²) in [6.07, 6.45) is 0.704. The number of amides is 2. The van der Waals surface area contributed by atoms with Crippen LogP contribution in [0.1, 0.15) is 44.4 Å². The Balaban J connectivity index is 1.97. The van der Waals surface area contributed by atoms with E-state index in [0.717, 1.165) is 28.1 Å². The number of nitrogens with one attached hydrogen (secondary N) is 2. The molecule has 5 nitrogen and oxygen atoms in total. The maximum atomic E-state index is 12.4. The van der Waals surface area contributed by atoms with E-state index in [9.17, 15) is 4.79 Å². The molecule has 5 heteroatoms. The minimum atomic E-state index is -0.197. The normalized spacial score (nSPS) is 11.1. The van der Waals surface area contributed by atoms with Gasteiger partial charge in [-0.25, -0.2) is 4.79 Å². The van der Waals surface area contributed by atoms with E-state index in [1.807, 2.05) is 44.2 Å². The Morgan fingerprint density at radius 2 is 1.86 bits per heavy atom. The van der Waals surface area contributed by atoms with Crippen LogP contribution in [0.25, 0.3) is 0 Å². The van der Waals surface area contributed by atoms with E-state index in [2.05, 4.69) is 37.5 Å². The van der Waals surface area contributed by atoms with Crippen molar-refractivity contribution in [3.63, 3.8) is 0 Å². The second-order valence-electron chi connectivity index (χ2n) is 7.80. The van der Waals surface area contributed by atoms with Crippen LogP contribution in [0, 0.1) is 6.92 Å². The van der Waals surface area contributed by atoms with Crippen LogP contribution in [0.15, 0.2) is 36.4 Å². The highest BCUT2D eigenvalue weighted by Gasteiger charge is 2.20. The number of rotatable bonds is 7. The number of methoxy groups -OCH3 is 1. The van der Waals surface area contributed by atoms with Crippen LogP contribution in [0.5, 0.6) is 11.5 Å². The summed E-state index contributed by atoms with van der Waals surface area (Å²) in [5.41, 5.74) is 4.09. The standard InChI is InChI=1S/C23H32N2O3/c1-7-28-19-12-11-17(15-20(19)27-6)13-14-24-22(26)25-21-16(2)9-8-10-18(21)23(3,4)5/h8-12,15H,7,13-14H2,1-6H3,(H2,24,25,26). The average Bonchev–Trinajstić information content (AvgIpc) is 2.63. The number of urea groups is 1. The zero-order chi connectivity index (χ0) is 20.7. The number of carbonyl (C=O) groups excluding carboxylic acids is 1. The van der Waals surface area contributed by atoms with Crippen LogP contribution in [0.3, 0.4) is 0 Å². The van der Waals surface area contributed by atoms with Gasteiger partial charge in [0.2, 0.25) is 0 Å². The Labute approximate surface area is 168 Å². The third kappa shape index (κ3) is 5.65. The fraction of sp³-hybridized carbons (Fsp3) is 0.435. The molecule has 0 bridgehead atoms. The van der Waals surface area contributed by atoms with Gasteiger partial charge < -0.3 is 20.1 Å². The molecule has 0 unspecified atom stereocenters. The molecule has 0 fully saturated rings. The van der Waals surface area contributed by atoms with E-state index in [1.54, 1.807) is 7.11 Å². The fourth-order valence-corrected chi connectivity index (χ4v) is 3.08. The van der Waals surface area contributed by atoms with Crippen LogP contribution >= 0.6 is 0 Å². The van der Waals surface area contributed by atoms with Crippen molar-refractivity contribution in [2.45, 2.75) is 46.5 Å². The van der Waals surface area contributed by atoms with Gasteiger partial charge in [0.1, 0.15) is 0 Å². The van der Waals surface area contributed by atoms with Crippen molar-refractivity contribution in [3.05, 3.63) is 53.1 Å². The topological polar surface area (TPSA) is 59.6 Å². The van der Waals surface area contributed by atoms with Crippen LogP contribution in [-0.2, 0) is 11.8 Å². The van der Waals surface area contributed by atoms with Crippen molar-refractivity contribution in [1.29, 1.82) is 0 Å². The van der Waals surface area contributed by atoms with Crippen molar-refractivity contribution >= 4 is 11.7 Å². The Bertz CT molecular complexity index is 810. The molecular formula is C23H32N2O3. The molecule has 28 heavy (non-hydrogen) atoms. The lowest BCUT2D eigenvalue weighted by molar-refractivity contribution is 0.252. The van der Waals surface area contributed by atoms with Gasteiger partial charge in [-0.3, -0.25) is 0 Å².